The summed E-state index contributed by atoms with van der Waals surface area (Å²) in [6, 6.07) is 0. The predicted molar refractivity (Wildman–Crippen MR) is 73.0 cm³/mol. The van der Waals surface area contributed by atoms with E-state index >= 15 is 0 Å². The van der Waals surface area contributed by atoms with Crippen molar-refractivity contribution in [3.63, 3.8) is 0 Å². The largest absolute Gasteiger partial charge is 0.382 e. The van der Waals surface area contributed by atoms with Gasteiger partial charge in [0.05, 0.1) is 13.2 Å². The quantitative estimate of drug-likeness (QED) is 0.794. The van der Waals surface area contributed by atoms with Crippen LogP contribution >= 0.6 is 0 Å². The Bertz CT molecular complexity index is 476. The van der Waals surface area contributed by atoms with E-state index in [1.54, 1.807) is 0 Å². The molecule has 1 aromatic heterocycles. The molecule has 7 nitrogen and oxygen atoms in total. The summed E-state index contributed by atoms with van der Waals surface area (Å²) in [6.45, 7) is 8.83. The zero-order valence-electron chi connectivity index (χ0n) is 11.6. The molecule has 0 atom stereocenters. The first-order valence-electron chi connectivity index (χ1n) is 6.31. The van der Waals surface area contributed by atoms with E-state index in [-0.39, 0.29) is 11.2 Å². The van der Waals surface area contributed by atoms with Gasteiger partial charge in [-0.1, -0.05) is 20.8 Å². The minimum Gasteiger partial charge on any atom is -0.382 e. The van der Waals surface area contributed by atoms with Crippen LogP contribution in [0.25, 0.3) is 0 Å². The average molecular weight is 264 g/mol. The zero-order valence-corrected chi connectivity index (χ0v) is 11.6. The van der Waals surface area contributed by atoms with Gasteiger partial charge in [0.25, 0.3) is 0 Å². The van der Waals surface area contributed by atoms with Gasteiger partial charge in [0, 0.05) is 18.5 Å². The maximum absolute atomic E-state index is 7.28. The monoisotopic (exact) mass is 264 g/mol. The number of hydrogen-bond donors (Lipinski definition) is 2. The molecule has 0 aromatic carbocycles. The van der Waals surface area contributed by atoms with Crippen LogP contribution in [0.1, 0.15) is 26.6 Å². The highest BCUT2D eigenvalue weighted by atomic mass is 16.5. The summed E-state index contributed by atoms with van der Waals surface area (Å²) in [4.78, 5) is 10.9. The number of nitrogens with zero attached hydrogens (tertiary/aromatic N) is 4. The predicted octanol–water partition coefficient (Wildman–Crippen LogP) is 1.86. The Morgan fingerprint density at radius 3 is 2.42 bits per heavy atom. The molecule has 19 heavy (non-hydrogen) atoms. The van der Waals surface area contributed by atoms with Crippen LogP contribution in [-0.4, -0.2) is 36.3 Å². The number of hydrogen-bond acceptors (Lipinski definition) is 7. The maximum Gasteiger partial charge on any atom is 0.169 e. The topological polar surface area (TPSA) is 100 Å². The van der Waals surface area contributed by atoms with Crippen LogP contribution < -0.4 is 10.6 Å². The molecule has 1 aromatic rings. The van der Waals surface area contributed by atoms with Crippen molar-refractivity contribution in [2.75, 3.05) is 36.9 Å². The van der Waals surface area contributed by atoms with Crippen LogP contribution in [0.2, 0.25) is 0 Å². The van der Waals surface area contributed by atoms with Crippen molar-refractivity contribution in [2.24, 2.45) is 5.11 Å². The molecule has 104 valence electrons. The number of nitrogen functional groups attached to an aromatic ring is 1. The van der Waals surface area contributed by atoms with Gasteiger partial charge in [-0.05, 0) is 0 Å². The van der Waals surface area contributed by atoms with Gasteiger partial charge in [0.1, 0.15) is 5.82 Å². The van der Waals surface area contributed by atoms with E-state index in [4.69, 9.17) is 16.0 Å². The lowest BCUT2D eigenvalue weighted by molar-refractivity contribution is 0.122. The summed E-state index contributed by atoms with van der Waals surface area (Å²) in [6.07, 6.45) is 0. The fourth-order valence-electron chi connectivity index (χ4n) is 1.90. The molecule has 0 aliphatic carbocycles. The number of aromatic nitrogens is 2. The molecule has 0 saturated carbocycles. The molecule has 1 aliphatic rings. The first-order chi connectivity index (χ1) is 8.93. The Kier molecular flexibility index (Phi) is 3.66. The Balaban J connectivity index is 2.49. The lowest BCUT2D eigenvalue weighted by Crippen LogP contribution is -2.37. The van der Waals surface area contributed by atoms with Crippen molar-refractivity contribution in [2.45, 2.75) is 26.2 Å². The van der Waals surface area contributed by atoms with Crippen LogP contribution in [0.3, 0.4) is 0 Å². The van der Waals surface area contributed by atoms with Gasteiger partial charge in [-0.15, -0.1) is 0 Å². The Morgan fingerprint density at radius 1 is 1.26 bits per heavy atom. The maximum atomic E-state index is 7.28. The first-order valence-corrected chi connectivity index (χ1v) is 6.31. The van der Waals surface area contributed by atoms with Crippen molar-refractivity contribution in [3.8, 4) is 0 Å². The van der Waals surface area contributed by atoms with Crippen LogP contribution in [0.4, 0.5) is 17.3 Å². The van der Waals surface area contributed by atoms with E-state index in [1.807, 2.05) is 25.7 Å². The Morgan fingerprint density at radius 2 is 1.89 bits per heavy atom. The third-order valence-corrected chi connectivity index (χ3v) is 2.99. The molecule has 0 amide bonds. The van der Waals surface area contributed by atoms with Crippen molar-refractivity contribution < 1.29 is 4.74 Å². The van der Waals surface area contributed by atoms with Crippen LogP contribution in [0, 0.1) is 5.53 Å². The van der Waals surface area contributed by atoms with E-state index in [0.29, 0.717) is 30.5 Å². The first kappa shape index (κ1) is 13.7. The smallest absolute Gasteiger partial charge is 0.169 e. The summed E-state index contributed by atoms with van der Waals surface area (Å²) in [5.41, 5.74) is 13.3. The molecule has 0 unspecified atom stereocenters. The van der Waals surface area contributed by atoms with Gasteiger partial charge in [0.2, 0.25) is 0 Å². The summed E-state index contributed by atoms with van der Waals surface area (Å²) in [5, 5.41) is 3.49. The average Bonchev–Trinajstić information content (AvgIpc) is 2.37. The summed E-state index contributed by atoms with van der Waals surface area (Å²) in [7, 11) is 0. The minimum atomic E-state index is -0.199. The zero-order chi connectivity index (χ0) is 14.0. The standard InChI is InChI=1S/C12H20N6O/c1-12(2,3)11-15-9(13)8(17-14)10(16-11)18-4-6-19-7-5-18/h14H,4-7H2,1-3H3,(H2,13,15,16). The SMILES string of the molecule is CC(C)(C)c1nc(N)c(N=N)c(N2CCOCC2)n1. The van der Waals surface area contributed by atoms with Gasteiger partial charge < -0.3 is 15.4 Å². The van der Waals surface area contributed by atoms with Crippen molar-refractivity contribution >= 4 is 17.3 Å². The lowest BCUT2D eigenvalue weighted by atomic mass is 9.95. The molecule has 7 heteroatoms. The van der Waals surface area contributed by atoms with Gasteiger partial charge in [-0.25, -0.2) is 15.5 Å². The van der Waals surface area contributed by atoms with Gasteiger partial charge in [-0.3, -0.25) is 0 Å². The van der Waals surface area contributed by atoms with E-state index < -0.39 is 0 Å². The minimum absolute atomic E-state index is 0.199. The van der Waals surface area contributed by atoms with Crippen molar-refractivity contribution in [3.05, 3.63) is 5.82 Å². The Hall–Kier alpha value is -1.76. The van der Waals surface area contributed by atoms with Crippen LogP contribution in [0.5, 0.6) is 0 Å². The molecule has 2 rings (SSSR count). The normalized spacial score (nSPS) is 16.5. The molecular formula is C12H20N6O. The molecule has 1 fully saturated rings. The summed E-state index contributed by atoms with van der Waals surface area (Å²) >= 11 is 0. The highest BCUT2D eigenvalue weighted by Gasteiger charge is 2.25. The third-order valence-electron chi connectivity index (χ3n) is 2.99. The highest BCUT2D eigenvalue weighted by molar-refractivity contribution is 5.72. The fourth-order valence-corrected chi connectivity index (χ4v) is 1.90. The highest BCUT2D eigenvalue weighted by Crippen LogP contribution is 2.34. The fraction of sp³-hybridized carbons (Fsp3) is 0.667. The number of rotatable bonds is 2. The second kappa shape index (κ2) is 5.08. The van der Waals surface area contributed by atoms with E-state index in [2.05, 4.69) is 15.1 Å². The third kappa shape index (κ3) is 2.81. The van der Waals surface area contributed by atoms with Crippen LogP contribution in [-0.2, 0) is 10.2 Å². The molecule has 3 N–H and O–H groups in total. The number of morpholine rings is 1. The van der Waals surface area contributed by atoms with Crippen LogP contribution in [0.15, 0.2) is 5.11 Å². The second-order valence-electron chi connectivity index (χ2n) is 5.57. The van der Waals surface area contributed by atoms with E-state index in [9.17, 15) is 0 Å². The van der Waals surface area contributed by atoms with Crippen molar-refractivity contribution in [1.29, 1.82) is 5.53 Å². The molecule has 0 bridgehead atoms. The number of nitrogens with one attached hydrogen (secondary N) is 1. The van der Waals surface area contributed by atoms with Crippen molar-refractivity contribution in [1.82, 2.24) is 9.97 Å². The van der Waals surface area contributed by atoms with E-state index in [0.717, 1.165) is 13.1 Å². The number of nitrogens with two attached hydrogens (primary N) is 1. The summed E-state index contributed by atoms with van der Waals surface area (Å²) in [5.74, 6) is 1.56. The molecule has 0 spiro atoms. The van der Waals surface area contributed by atoms with Gasteiger partial charge >= 0.3 is 0 Å². The Labute approximate surface area is 112 Å². The number of ether oxygens (including phenoxy) is 1. The molecule has 2 heterocycles. The van der Waals surface area contributed by atoms with Gasteiger partial charge in [0.15, 0.2) is 17.3 Å². The molecular weight excluding hydrogens is 244 g/mol. The molecule has 0 radical (unpaired) electrons. The lowest BCUT2D eigenvalue weighted by Gasteiger charge is -2.30. The second-order valence-corrected chi connectivity index (χ2v) is 5.57. The summed E-state index contributed by atoms with van der Waals surface area (Å²) < 4.78 is 5.33. The molecule has 1 aliphatic heterocycles. The molecule has 1 saturated heterocycles. The van der Waals surface area contributed by atoms with Gasteiger partial charge in [-0.2, -0.15) is 5.11 Å². The number of anilines is 2. The van der Waals surface area contributed by atoms with E-state index in [1.165, 1.54) is 0 Å².